The lowest BCUT2D eigenvalue weighted by atomic mass is 10.0. The number of aromatic nitrogens is 5. The summed E-state index contributed by atoms with van der Waals surface area (Å²) in [6.45, 7) is 0.619. The number of thiazole rings is 1. The molecule has 23 heavy (non-hydrogen) atoms. The van der Waals surface area contributed by atoms with Crippen molar-refractivity contribution in [2.24, 2.45) is 0 Å². The lowest BCUT2D eigenvalue weighted by molar-refractivity contribution is 0.0608. The van der Waals surface area contributed by atoms with Gasteiger partial charge in [0.1, 0.15) is 16.9 Å². The van der Waals surface area contributed by atoms with Crippen LogP contribution in [0.25, 0.3) is 5.78 Å². The van der Waals surface area contributed by atoms with Crippen LogP contribution in [0.1, 0.15) is 40.7 Å². The maximum atomic E-state index is 12.9. The molecular weight excluding hydrogens is 316 g/mol. The normalized spacial score (nSPS) is 18.4. The van der Waals surface area contributed by atoms with E-state index in [-0.39, 0.29) is 23.3 Å². The van der Waals surface area contributed by atoms with E-state index in [4.69, 9.17) is 0 Å². The summed E-state index contributed by atoms with van der Waals surface area (Å²) in [6, 6.07) is -0.0712. The Morgan fingerprint density at radius 3 is 3.04 bits per heavy atom. The fraction of sp³-hybridized carbons (Fsp3) is 0.357. The highest BCUT2D eigenvalue weighted by atomic mass is 32.1. The number of piperidine rings is 1. The molecule has 0 bridgehead atoms. The minimum Gasteiger partial charge on any atom is -0.329 e. The Balaban J connectivity index is 1.73. The van der Waals surface area contributed by atoms with Gasteiger partial charge in [-0.15, -0.1) is 11.3 Å². The minimum atomic E-state index is -0.430. The SMILES string of the molecule is O=C(c1cnc2nc[nH]n2c1=O)N1CCCCC1c1nccs1. The van der Waals surface area contributed by atoms with Crippen LogP contribution in [0, 0.1) is 0 Å². The third-order valence-electron chi connectivity index (χ3n) is 4.04. The van der Waals surface area contributed by atoms with Crippen molar-refractivity contribution in [3.05, 3.63) is 45.0 Å². The van der Waals surface area contributed by atoms with Gasteiger partial charge in [0.15, 0.2) is 0 Å². The van der Waals surface area contributed by atoms with E-state index in [0.29, 0.717) is 6.54 Å². The second-order valence-electron chi connectivity index (χ2n) is 5.38. The van der Waals surface area contributed by atoms with Gasteiger partial charge in [-0.1, -0.05) is 0 Å². The number of rotatable bonds is 2. The van der Waals surface area contributed by atoms with E-state index < -0.39 is 5.56 Å². The van der Waals surface area contributed by atoms with Gasteiger partial charge in [-0.2, -0.15) is 4.52 Å². The molecule has 1 amide bonds. The topological polar surface area (TPSA) is 96.2 Å². The van der Waals surface area contributed by atoms with E-state index >= 15 is 0 Å². The molecule has 1 saturated heterocycles. The first-order chi connectivity index (χ1) is 11.3. The Hall–Kier alpha value is -2.55. The Morgan fingerprint density at radius 2 is 2.22 bits per heavy atom. The maximum Gasteiger partial charge on any atom is 0.286 e. The Morgan fingerprint density at radius 1 is 1.30 bits per heavy atom. The van der Waals surface area contributed by atoms with Crippen LogP contribution in [-0.4, -0.2) is 41.9 Å². The zero-order valence-electron chi connectivity index (χ0n) is 12.2. The summed E-state index contributed by atoms with van der Waals surface area (Å²) in [6.07, 6.45) is 7.26. The van der Waals surface area contributed by atoms with Crippen molar-refractivity contribution in [3.8, 4) is 0 Å². The first kappa shape index (κ1) is 14.1. The van der Waals surface area contributed by atoms with Gasteiger partial charge >= 0.3 is 0 Å². The average molecular weight is 330 g/mol. The smallest absolute Gasteiger partial charge is 0.286 e. The number of carbonyl (C=O) groups excluding carboxylic acids is 1. The molecule has 0 spiro atoms. The van der Waals surface area contributed by atoms with E-state index in [1.165, 1.54) is 28.4 Å². The molecule has 0 radical (unpaired) electrons. The zero-order chi connectivity index (χ0) is 15.8. The molecule has 1 unspecified atom stereocenters. The van der Waals surface area contributed by atoms with Gasteiger partial charge < -0.3 is 4.90 Å². The number of hydrogen-bond acceptors (Lipinski definition) is 6. The number of likely N-dealkylation sites (tertiary alicyclic amines) is 1. The first-order valence-electron chi connectivity index (χ1n) is 7.37. The molecule has 4 heterocycles. The molecule has 1 N–H and O–H groups in total. The number of nitrogens with one attached hydrogen (secondary N) is 1. The predicted octanol–water partition coefficient (Wildman–Crippen LogP) is 1.24. The predicted molar refractivity (Wildman–Crippen MR) is 83.4 cm³/mol. The van der Waals surface area contributed by atoms with Gasteiger partial charge in [0.05, 0.1) is 6.04 Å². The lowest BCUT2D eigenvalue weighted by Crippen LogP contribution is -2.41. The van der Waals surface area contributed by atoms with Crippen molar-refractivity contribution in [2.75, 3.05) is 6.54 Å². The van der Waals surface area contributed by atoms with Crippen LogP contribution >= 0.6 is 11.3 Å². The molecular formula is C14H14N6O2S. The van der Waals surface area contributed by atoms with Crippen molar-refractivity contribution >= 4 is 23.0 Å². The van der Waals surface area contributed by atoms with Crippen molar-refractivity contribution in [1.82, 2.24) is 29.5 Å². The number of hydrogen-bond donors (Lipinski definition) is 1. The highest BCUT2D eigenvalue weighted by molar-refractivity contribution is 7.09. The second-order valence-corrected chi connectivity index (χ2v) is 6.31. The number of fused-ring (bicyclic) bond motifs is 1. The summed E-state index contributed by atoms with van der Waals surface area (Å²) in [7, 11) is 0. The van der Waals surface area contributed by atoms with E-state index in [1.807, 2.05) is 5.38 Å². The zero-order valence-corrected chi connectivity index (χ0v) is 13.0. The quantitative estimate of drug-likeness (QED) is 0.762. The number of aromatic amines is 1. The lowest BCUT2D eigenvalue weighted by Gasteiger charge is -2.34. The largest absolute Gasteiger partial charge is 0.329 e. The average Bonchev–Trinajstić information content (AvgIpc) is 3.26. The van der Waals surface area contributed by atoms with E-state index in [9.17, 15) is 9.59 Å². The van der Waals surface area contributed by atoms with Crippen LogP contribution < -0.4 is 5.56 Å². The van der Waals surface area contributed by atoms with Crippen molar-refractivity contribution in [1.29, 1.82) is 0 Å². The van der Waals surface area contributed by atoms with Crippen molar-refractivity contribution < 1.29 is 4.79 Å². The number of carbonyl (C=O) groups is 1. The van der Waals surface area contributed by atoms with E-state index in [1.54, 1.807) is 11.1 Å². The maximum absolute atomic E-state index is 12.9. The molecule has 0 aromatic carbocycles. The molecule has 1 atom stereocenters. The van der Waals surface area contributed by atoms with Crippen molar-refractivity contribution in [2.45, 2.75) is 25.3 Å². The Bertz CT molecular complexity index is 900. The molecule has 118 valence electrons. The summed E-state index contributed by atoms with van der Waals surface area (Å²) < 4.78 is 1.18. The van der Waals surface area contributed by atoms with Crippen LogP contribution in [0.15, 0.2) is 28.9 Å². The molecule has 3 aromatic heterocycles. The summed E-state index contributed by atoms with van der Waals surface area (Å²) >= 11 is 1.53. The van der Waals surface area contributed by atoms with Crippen LogP contribution in [0.2, 0.25) is 0 Å². The van der Waals surface area contributed by atoms with E-state index in [0.717, 1.165) is 24.3 Å². The van der Waals surface area contributed by atoms with Crippen LogP contribution in [0.5, 0.6) is 0 Å². The summed E-state index contributed by atoms with van der Waals surface area (Å²) in [5, 5.41) is 5.49. The molecule has 8 nitrogen and oxygen atoms in total. The Kier molecular flexibility index (Phi) is 3.41. The number of amides is 1. The summed E-state index contributed by atoms with van der Waals surface area (Å²) in [5.41, 5.74) is -0.379. The first-order valence-corrected chi connectivity index (χ1v) is 8.25. The molecule has 0 saturated carbocycles. The van der Waals surface area contributed by atoms with E-state index in [2.05, 4.69) is 20.1 Å². The van der Waals surface area contributed by atoms with Crippen LogP contribution in [0.4, 0.5) is 0 Å². The van der Waals surface area contributed by atoms with Gasteiger partial charge in [-0.05, 0) is 19.3 Å². The fourth-order valence-corrected chi connectivity index (χ4v) is 3.72. The van der Waals surface area contributed by atoms with Gasteiger partial charge in [0.25, 0.3) is 17.2 Å². The summed E-state index contributed by atoms with van der Waals surface area (Å²) in [4.78, 5) is 39.4. The highest BCUT2D eigenvalue weighted by Crippen LogP contribution is 2.32. The molecule has 4 rings (SSSR count). The van der Waals surface area contributed by atoms with Gasteiger partial charge in [-0.3, -0.25) is 14.7 Å². The molecule has 1 aliphatic heterocycles. The molecule has 1 fully saturated rings. The van der Waals surface area contributed by atoms with Gasteiger partial charge in [0.2, 0.25) is 0 Å². The summed E-state index contributed by atoms with van der Waals surface area (Å²) in [5.74, 6) is -0.0481. The Labute approximate surface area is 134 Å². The fourth-order valence-electron chi connectivity index (χ4n) is 2.93. The van der Waals surface area contributed by atoms with Gasteiger partial charge in [-0.25, -0.2) is 15.0 Å². The number of nitrogens with zero attached hydrogens (tertiary/aromatic N) is 5. The molecule has 0 aliphatic carbocycles. The number of H-pyrrole nitrogens is 1. The van der Waals surface area contributed by atoms with Crippen LogP contribution in [0.3, 0.4) is 0 Å². The van der Waals surface area contributed by atoms with Crippen LogP contribution in [-0.2, 0) is 0 Å². The molecule has 3 aromatic rings. The molecule has 9 heteroatoms. The second kappa shape index (κ2) is 5.58. The third kappa shape index (κ3) is 2.33. The standard InChI is InChI=1S/C14H14N6O2S/c21-12(9-7-16-14-17-8-18-20(14)13(9)22)19-5-2-1-3-10(19)11-15-4-6-23-11/h4,6-8,10H,1-3,5H2,(H,16,17,18). The monoisotopic (exact) mass is 330 g/mol. The molecule has 1 aliphatic rings. The van der Waals surface area contributed by atoms with Gasteiger partial charge in [0, 0.05) is 24.3 Å². The minimum absolute atomic E-state index is 0.0511. The third-order valence-corrected chi connectivity index (χ3v) is 4.92. The van der Waals surface area contributed by atoms with Crippen molar-refractivity contribution in [3.63, 3.8) is 0 Å². The highest BCUT2D eigenvalue weighted by Gasteiger charge is 2.31.